The molecule has 0 amide bonds. The van der Waals surface area contributed by atoms with Crippen LogP contribution in [-0.2, 0) is 15.9 Å². The Kier molecular flexibility index (Phi) is 2.20. The zero-order chi connectivity index (χ0) is 13.0. The van der Waals surface area contributed by atoms with Crippen molar-refractivity contribution in [3.63, 3.8) is 0 Å². The minimum absolute atomic E-state index is 0.272. The van der Waals surface area contributed by atoms with Crippen molar-refractivity contribution in [1.29, 1.82) is 0 Å². The first-order chi connectivity index (χ1) is 8.42. The standard InChI is InChI=1S/C15H18N2O/c1-14(2)12-10-16-17(11-8-6-5-7-9-11)13(12)15(3,4)18-14/h5-10H,1-4H3. The zero-order valence-electron chi connectivity index (χ0n) is 11.3. The van der Waals surface area contributed by atoms with Crippen LogP contribution in [0.1, 0.15) is 39.0 Å². The Bertz CT molecular complexity index is 582. The molecule has 2 heterocycles. The Balaban J connectivity index is 2.23. The van der Waals surface area contributed by atoms with Crippen molar-refractivity contribution in [2.75, 3.05) is 0 Å². The molecule has 0 N–H and O–H groups in total. The van der Waals surface area contributed by atoms with Crippen molar-refractivity contribution in [3.8, 4) is 5.69 Å². The highest BCUT2D eigenvalue weighted by atomic mass is 16.5. The van der Waals surface area contributed by atoms with E-state index in [0.717, 1.165) is 11.4 Å². The van der Waals surface area contributed by atoms with E-state index in [2.05, 4.69) is 44.9 Å². The fraction of sp³-hybridized carbons (Fsp3) is 0.400. The lowest BCUT2D eigenvalue weighted by atomic mass is 9.97. The quantitative estimate of drug-likeness (QED) is 0.766. The maximum atomic E-state index is 6.15. The summed E-state index contributed by atoms with van der Waals surface area (Å²) in [6.07, 6.45) is 1.93. The third kappa shape index (κ3) is 1.51. The van der Waals surface area contributed by atoms with Crippen LogP contribution in [0.3, 0.4) is 0 Å². The minimum atomic E-state index is -0.314. The number of para-hydroxylation sites is 1. The van der Waals surface area contributed by atoms with Gasteiger partial charge in [-0.3, -0.25) is 0 Å². The molecule has 0 unspecified atom stereocenters. The van der Waals surface area contributed by atoms with Gasteiger partial charge in [0.05, 0.1) is 23.2 Å². The number of ether oxygens (including phenoxy) is 1. The van der Waals surface area contributed by atoms with Gasteiger partial charge in [-0.05, 0) is 39.8 Å². The topological polar surface area (TPSA) is 27.1 Å². The number of nitrogens with zero attached hydrogens (tertiary/aromatic N) is 2. The highest BCUT2D eigenvalue weighted by Gasteiger charge is 2.46. The molecule has 0 saturated carbocycles. The second-order valence-corrected chi connectivity index (χ2v) is 5.78. The molecule has 0 bridgehead atoms. The number of aromatic nitrogens is 2. The monoisotopic (exact) mass is 242 g/mol. The molecule has 0 spiro atoms. The number of fused-ring (bicyclic) bond motifs is 1. The van der Waals surface area contributed by atoms with Crippen LogP contribution in [-0.4, -0.2) is 9.78 Å². The Morgan fingerprint density at radius 2 is 1.67 bits per heavy atom. The van der Waals surface area contributed by atoms with Crippen LogP contribution in [0.2, 0.25) is 0 Å². The van der Waals surface area contributed by atoms with Crippen molar-refractivity contribution >= 4 is 0 Å². The van der Waals surface area contributed by atoms with Gasteiger partial charge in [-0.1, -0.05) is 18.2 Å². The largest absolute Gasteiger partial charge is 0.359 e. The summed E-state index contributed by atoms with van der Waals surface area (Å²) in [5, 5.41) is 4.54. The van der Waals surface area contributed by atoms with Crippen molar-refractivity contribution in [2.24, 2.45) is 0 Å². The zero-order valence-corrected chi connectivity index (χ0v) is 11.3. The molecular weight excluding hydrogens is 224 g/mol. The predicted octanol–water partition coefficient (Wildman–Crippen LogP) is 3.37. The SMILES string of the molecule is CC1(C)OC(C)(C)c2c1cnn2-c1ccccc1. The molecule has 0 fully saturated rings. The van der Waals surface area contributed by atoms with Crippen LogP contribution in [0.4, 0.5) is 0 Å². The van der Waals surface area contributed by atoms with E-state index in [4.69, 9.17) is 4.74 Å². The Labute approximate surface area is 107 Å². The third-order valence-corrected chi connectivity index (χ3v) is 3.50. The molecule has 18 heavy (non-hydrogen) atoms. The van der Waals surface area contributed by atoms with E-state index in [1.807, 2.05) is 29.1 Å². The molecule has 1 aromatic carbocycles. The molecule has 2 aromatic rings. The van der Waals surface area contributed by atoms with Crippen molar-refractivity contribution in [1.82, 2.24) is 9.78 Å². The fourth-order valence-electron chi connectivity index (χ4n) is 2.87. The molecule has 3 rings (SSSR count). The van der Waals surface area contributed by atoms with Gasteiger partial charge in [0.1, 0.15) is 5.60 Å². The highest BCUT2D eigenvalue weighted by Crippen LogP contribution is 2.46. The van der Waals surface area contributed by atoms with Gasteiger partial charge >= 0.3 is 0 Å². The predicted molar refractivity (Wildman–Crippen MR) is 70.7 cm³/mol. The molecule has 1 aliphatic rings. The van der Waals surface area contributed by atoms with E-state index in [1.165, 1.54) is 5.56 Å². The van der Waals surface area contributed by atoms with Gasteiger partial charge in [-0.2, -0.15) is 5.10 Å². The van der Waals surface area contributed by atoms with Crippen molar-refractivity contribution < 1.29 is 4.74 Å². The molecule has 3 heteroatoms. The summed E-state index contributed by atoms with van der Waals surface area (Å²) in [5.41, 5.74) is 2.82. The molecule has 94 valence electrons. The van der Waals surface area contributed by atoms with Crippen molar-refractivity contribution in [3.05, 3.63) is 47.8 Å². The van der Waals surface area contributed by atoms with Crippen LogP contribution in [0, 0.1) is 0 Å². The Hall–Kier alpha value is -1.61. The van der Waals surface area contributed by atoms with E-state index < -0.39 is 0 Å². The van der Waals surface area contributed by atoms with E-state index in [9.17, 15) is 0 Å². The minimum Gasteiger partial charge on any atom is -0.359 e. The molecule has 0 aliphatic carbocycles. The first kappa shape index (κ1) is 11.5. The summed E-state index contributed by atoms with van der Waals surface area (Å²) >= 11 is 0. The number of hydrogen-bond donors (Lipinski definition) is 0. The van der Waals surface area contributed by atoms with E-state index in [-0.39, 0.29) is 11.2 Å². The maximum absolute atomic E-state index is 6.15. The third-order valence-electron chi connectivity index (χ3n) is 3.50. The van der Waals surface area contributed by atoms with Gasteiger partial charge in [-0.25, -0.2) is 4.68 Å². The first-order valence-corrected chi connectivity index (χ1v) is 6.26. The lowest BCUT2D eigenvalue weighted by Crippen LogP contribution is -2.25. The summed E-state index contributed by atoms with van der Waals surface area (Å²) in [6.45, 7) is 8.39. The van der Waals surface area contributed by atoms with Crippen LogP contribution in [0.5, 0.6) is 0 Å². The molecular formula is C15H18N2O. The average molecular weight is 242 g/mol. The lowest BCUT2D eigenvalue weighted by Gasteiger charge is -2.25. The molecule has 0 saturated heterocycles. The van der Waals surface area contributed by atoms with Crippen LogP contribution in [0.25, 0.3) is 5.69 Å². The summed E-state index contributed by atoms with van der Waals surface area (Å²) in [4.78, 5) is 0. The molecule has 3 nitrogen and oxygen atoms in total. The van der Waals surface area contributed by atoms with Gasteiger partial charge < -0.3 is 4.74 Å². The number of hydrogen-bond acceptors (Lipinski definition) is 2. The van der Waals surface area contributed by atoms with Gasteiger partial charge in [0.25, 0.3) is 0 Å². The number of rotatable bonds is 1. The highest BCUT2D eigenvalue weighted by molar-refractivity contribution is 5.41. The Morgan fingerprint density at radius 1 is 1.00 bits per heavy atom. The molecule has 1 aliphatic heterocycles. The normalized spacial score (nSPS) is 19.8. The smallest absolute Gasteiger partial charge is 0.106 e. The van der Waals surface area contributed by atoms with Crippen LogP contribution >= 0.6 is 0 Å². The van der Waals surface area contributed by atoms with Gasteiger partial charge in [0, 0.05) is 5.56 Å². The second-order valence-electron chi connectivity index (χ2n) is 5.78. The summed E-state index contributed by atoms with van der Waals surface area (Å²) < 4.78 is 8.14. The van der Waals surface area contributed by atoms with Crippen molar-refractivity contribution in [2.45, 2.75) is 38.9 Å². The van der Waals surface area contributed by atoms with Gasteiger partial charge in [-0.15, -0.1) is 0 Å². The summed E-state index contributed by atoms with van der Waals surface area (Å²) in [6, 6.07) is 10.2. The lowest BCUT2D eigenvalue weighted by molar-refractivity contribution is -0.108. The molecule has 0 atom stereocenters. The van der Waals surface area contributed by atoms with Gasteiger partial charge in [0.15, 0.2) is 0 Å². The van der Waals surface area contributed by atoms with E-state index in [1.54, 1.807) is 0 Å². The van der Waals surface area contributed by atoms with E-state index >= 15 is 0 Å². The Morgan fingerprint density at radius 3 is 2.33 bits per heavy atom. The second kappa shape index (κ2) is 3.45. The van der Waals surface area contributed by atoms with Gasteiger partial charge in [0.2, 0.25) is 0 Å². The first-order valence-electron chi connectivity index (χ1n) is 6.26. The average Bonchev–Trinajstić information content (AvgIpc) is 2.80. The maximum Gasteiger partial charge on any atom is 0.106 e. The summed E-state index contributed by atoms with van der Waals surface area (Å²) in [7, 11) is 0. The fourth-order valence-corrected chi connectivity index (χ4v) is 2.87. The number of benzene rings is 1. The molecule has 0 radical (unpaired) electrons. The summed E-state index contributed by atoms with van der Waals surface area (Å²) in [5.74, 6) is 0. The molecule has 1 aromatic heterocycles. The van der Waals surface area contributed by atoms with Crippen LogP contribution in [0.15, 0.2) is 36.5 Å². The van der Waals surface area contributed by atoms with Crippen LogP contribution < -0.4 is 0 Å². The van der Waals surface area contributed by atoms with E-state index in [0.29, 0.717) is 0 Å².